The Balaban J connectivity index is 1.47. The first-order valence-electron chi connectivity index (χ1n) is 7.69. The molecule has 0 aromatic heterocycles. The Bertz CT molecular complexity index is 628. The molecule has 2 aliphatic heterocycles. The summed E-state index contributed by atoms with van der Waals surface area (Å²) in [4.78, 5) is 38.8. The first kappa shape index (κ1) is 17.1. The molecule has 128 valence electrons. The van der Waals surface area contributed by atoms with Gasteiger partial charge >= 0.3 is 0 Å². The van der Waals surface area contributed by atoms with E-state index in [1.54, 1.807) is 29.2 Å². The number of imide groups is 1. The Morgan fingerprint density at radius 3 is 2.46 bits per heavy atom. The predicted molar refractivity (Wildman–Crippen MR) is 91.2 cm³/mol. The minimum absolute atomic E-state index is 0.0380. The molecule has 0 radical (unpaired) electrons. The van der Waals surface area contributed by atoms with Crippen LogP contribution < -0.4 is 4.74 Å². The predicted octanol–water partition coefficient (Wildman–Crippen LogP) is 2.41. The van der Waals surface area contributed by atoms with Gasteiger partial charge in [-0.25, -0.2) is 0 Å². The monoisotopic (exact) mass is 368 g/mol. The molecule has 0 saturated carbocycles. The van der Waals surface area contributed by atoms with Crippen molar-refractivity contribution in [1.29, 1.82) is 0 Å². The summed E-state index contributed by atoms with van der Waals surface area (Å²) < 4.78 is 5.46. The van der Waals surface area contributed by atoms with E-state index in [0.717, 1.165) is 11.8 Å². The van der Waals surface area contributed by atoms with E-state index in [9.17, 15) is 14.4 Å². The van der Waals surface area contributed by atoms with E-state index in [-0.39, 0.29) is 35.5 Å². The third-order valence-corrected chi connectivity index (χ3v) is 5.23. The van der Waals surface area contributed by atoms with Crippen LogP contribution in [0.25, 0.3) is 0 Å². The molecule has 0 aliphatic carbocycles. The third kappa shape index (κ3) is 3.84. The molecule has 0 unspecified atom stereocenters. The van der Waals surface area contributed by atoms with Gasteiger partial charge in [-0.05, 0) is 37.1 Å². The second-order valence-electron chi connectivity index (χ2n) is 5.67. The van der Waals surface area contributed by atoms with Crippen molar-refractivity contribution < 1.29 is 19.1 Å². The highest BCUT2D eigenvalue weighted by atomic mass is 35.5. The lowest BCUT2D eigenvalue weighted by molar-refractivity contribution is -0.135. The van der Waals surface area contributed by atoms with Gasteiger partial charge in [-0.1, -0.05) is 23.4 Å². The van der Waals surface area contributed by atoms with E-state index in [4.69, 9.17) is 16.3 Å². The average Bonchev–Trinajstić information content (AvgIpc) is 2.93. The highest BCUT2D eigenvalue weighted by Gasteiger charge is 2.37. The van der Waals surface area contributed by atoms with Crippen molar-refractivity contribution in [1.82, 2.24) is 9.80 Å². The molecule has 1 aromatic rings. The van der Waals surface area contributed by atoms with Crippen LogP contribution >= 0.6 is 23.4 Å². The van der Waals surface area contributed by atoms with Crippen LogP contribution in [0.1, 0.15) is 12.8 Å². The number of thioether (sulfide) groups is 1. The summed E-state index contributed by atoms with van der Waals surface area (Å²) in [6.45, 7) is 1.01. The van der Waals surface area contributed by atoms with Gasteiger partial charge in [0.25, 0.3) is 11.1 Å². The topological polar surface area (TPSA) is 66.9 Å². The zero-order valence-corrected chi connectivity index (χ0v) is 14.5. The van der Waals surface area contributed by atoms with Gasteiger partial charge in [0.2, 0.25) is 5.91 Å². The van der Waals surface area contributed by atoms with Crippen molar-refractivity contribution in [2.45, 2.75) is 18.9 Å². The van der Waals surface area contributed by atoms with Gasteiger partial charge in [-0.3, -0.25) is 19.3 Å². The normalized spacial score (nSPS) is 19.0. The number of halogens is 1. The summed E-state index contributed by atoms with van der Waals surface area (Å²) in [5, 5.41) is 0.441. The molecular formula is C16H17ClN2O4S. The second kappa shape index (κ2) is 7.44. The molecule has 2 aliphatic rings. The van der Waals surface area contributed by atoms with Crippen LogP contribution in [0, 0.1) is 0 Å². The summed E-state index contributed by atoms with van der Waals surface area (Å²) in [5.41, 5.74) is 0. The Labute approximate surface area is 149 Å². The number of carbonyl (C=O) groups is 3. The number of nitrogens with zero attached hydrogens (tertiary/aromatic N) is 2. The molecule has 0 atom stereocenters. The minimum Gasteiger partial charge on any atom is -0.484 e. The van der Waals surface area contributed by atoms with Gasteiger partial charge in [-0.2, -0.15) is 0 Å². The van der Waals surface area contributed by atoms with Gasteiger partial charge in [0.05, 0.1) is 5.75 Å². The van der Waals surface area contributed by atoms with Gasteiger partial charge in [0, 0.05) is 24.2 Å². The molecule has 2 saturated heterocycles. The number of ether oxygens (including phenoxy) is 1. The molecule has 2 heterocycles. The Morgan fingerprint density at radius 2 is 1.88 bits per heavy atom. The molecule has 0 bridgehead atoms. The van der Waals surface area contributed by atoms with Crippen LogP contribution in [-0.4, -0.2) is 58.3 Å². The molecule has 6 nitrogen and oxygen atoms in total. The fourth-order valence-corrected chi connectivity index (χ4v) is 3.76. The standard InChI is InChI=1S/C16H17ClN2O4S/c17-11-1-3-13(4-2-11)23-9-14(20)18-7-5-12(6-8-18)19-15(21)10-24-16(19)22/h1-4,12H,5-10H2. The van der Waals surface area contributed by atoms with Crippen LogP contribution in [0.15, 0.2) is 24.3 Å². The van der Waals surface area contributed by atoms with Crippen molar-refractivity contribution in [3.05, 3.63) is 29.3 Å². The Kier molecular flexibility index (Phi) is 5.30. The highest BCUT2D eigenvalue weighted by Crippen LogP contribution is 2.26. The number of hydrogen-bond acceptors (Lipinski definition) is 5. The summed E-state index contributed by atoms with van der Waals surface area (Å²) >= 11 is 6.85. The number of carbonyl (C=O) groups excluding carboxylic acids is 3. The van der Waals surface area contributed by atoms with Gasteiger partial charge in [-0.15, -0.1) is 0 Å². The van der Waals surface area contributed by atoms with E-state index in [1.165, 1.54) is 4.90 Å². The molecule has 3 amide bonds. The molecule has 1 aromatic carbocycles. The SMILES string of the molecule is O=C(COc1ccc(Cl)cc1)N1CCC(N2C(=O)CSC2=O)CC1. The van der Waals surface area contributed by atoms with E-state index < -0.39 is 0 Å². The summed E-state index contributed by atoms with van der Waals surface area (Å²) in [6.07, 6.45) is 1.23. The molecule has 2 fully saturated rings. The Morgan fingerprint density at radius 1 is 1.21 bits per heavy atom. The largest absolute Gasteiger partial charge is 0.484 e. The fraction of sp³-hybridized carbons (Fsp3) is 0.438. The maximum atomic E-state index is 12.2. The number of likely N-dealkylation sites (tertiary alicyclic amines) is 1. The van der Waals surface area contributed by atoms with Crippen LogP contribution in [-0.2, 0) is 9.59 Å². The lowest BCUT2D eigenvalue weighted by Crippen LogP contribution is -2.49. The maximum Gasteiger partial charge on any atom is 0.289 e. The fourth-order valence-electron chi connectivity index (χ4n) is 2.86. The van der Waals surface area contributed by atoms with Crippen molar-refractivity contribution in [3.8, 4) is 5.75 Å². The van der Waals surface area contributed by atoms with Crippen LogP contribution in [0.3, 0.4) is 0 Å². The lowest BCUT2D eigenvalue weighted by atomic mass is 10.0. The molecule has 24 heavy (non-hydrogen) atoms. The molecule has 0 N–H and O–H groups in total. The quantitative estimate of drug-likeness (QED) is 0.816. The summed E-state index contributed by atoms with van der Waals surface area (Å²) in [7, 11) is 0. The third-order valence-electron chi connectivity index (χ3n) is 4.14. The average molecular weight is 369 g/mol. The first-order chi connectivity index (χ1) is 11.5. The summed E-state index contributed by atoms with van der Waals surface area (Å²) in [5.74, 6) is 0.595. The first-order valence-corrected chi connectivity index (χ1v) is 9.06. The smallest absolute Gasteiger partial charge is 0.289 e. The summed E-state index contributed by atoms with van der Waals surface area (Å²) in [6, 6.07) is 6.74. The molecule has 8 heteroatoms. The number of piperidine rings is 1. The van der Waals surface area contributed by atoms with Crippen molar-refractivity contribution in [3.63, 3.8) is 0 Å². The van der Waals surface area contributed by atoms with Gasteiger partial charge in [0.15, 0.2) is 6.61 Å². The number of benzene rings is 1. The van der Waals surface area contributed by atoms with Crippen LogP contribution in [0.2, 0.25) is 5.02 Å². The van der Waals surface area contributed by atoms with E-state index >= 15 is 0 Å². The van der Waals surface area contributed by atoms with E-state index in [1.807, 2.05) is 0 Å². The lowest BCUT2D eigenvalue weighted by Gasteiger charge is -2.35. The Hall–Kier alpha value is -1.73. The zero-order chi connectivity index (χ0) is 17.1. The molecule has 3 rings (SSSR count). The van der Waals surface area contributed by atoms with Crippen molar-refractivity contribution >= 4 is 40.4 Å². The number of amides is 3. The highest BCUT2D eigenvalue weighted by molar-refractivity contribution is 8.14. The molecular weight excluding hydrogens is 352 g/mol. The van der Waals surface area contributed by atoms with Crippen molar-refractivity contribution in [2.24, 2.45) is 0 Å². The maximum absolute atomic E-state index is 12.2. The van der Waals surface area contributed by atoms with E-state index in [2.05, 4.69) is 0 Å². The number of rotatable bonds is 4. The molecule has 0 spiro atoms. The second-order valence-corrected chi connectivity index (χ2v) is 7.04. The zero-order valence-electron chi connectivity index (χ0n) is 12.9. The van der Waals surface area contributed by atoms with Gasteiger partial charge in [0.1, 0.15) is 5.75 Å². The van der Waals surface area contributed by atoms with Crippen molar-refractivity contribution in [2.75, 3.05) is 25.4 Å². The van der Waals surface area contributed by atoms with Gasteiger partial charge < -0.3 is 9.64 Å². The van der Waals surface area contributed by atoms with Crippen LogP contribution in [0.5, 0.6) is 5.75 Å². The van der Waals surface area contributed by atoms with Crippen LogP contribution in [0.4, 0.5) is 4.79 Å². The number of hydrogen-bond donors (Lipinski definition) is 0. The van der Waals surface area contributed by atoms with E-state index in [0.29, 0.717) is 36.7 Å². The minimum atomic E-state index is -0.171.